The molecule has 0 radical (unpaired) electrons. The summed E-state index contributed by atoms with van der Waals surface area (Å²) in [5, 5.41) is 0.868. The molecule has 0 saturated carbocycles. The van der Waals surface area contributed by atoms with Crippen LogP contribution in [0.15, 0.2) is 29.3 Å². The van der Waals surface area contributed by atoms with E-state index in [0.29, 0.717) is 0 Å². The number of nitrogens with one attached hydrogen (secondary N) is 2. The molecule has 0 fully saturated rings. The summed E-state index contributed by atoms with van der Waals surface area (Å²) < 4.78 is 63.0. The van der Waals surface area contributed by atoms with Crippen LogP contribution in [-0.2, 0) is 20.0 Å². The Kier molecular flexibility index (Phi) is 7.79. The van der Waals surface area contributed by atoms with Crippen molar-refractivity contribution in [1.29, 1.82) is 0 Å². The SMILES string of the molecule is CCN(c1cccc(S(=O)(=O)NC(=O)Nc2nc(OC)cc(OC)n2)n1)S(=O)(=O)C(C)C. The highest BCUT2D eigenvalue weighted by Gasteiger charge is 2.28. The first-order valence-corrected chi connectivity index (χ1v) is 12.2. The van der Waals surface area contributed by atoms with Crippen LogP contribution in [-0.4, -0.2) is 63.8 Å². The average molecular weight is 489 g/mol. The van der Waals surface area contributed by atoms with Crippen LogP contribution in [0.2, 0.25) is 0 Å². The fourth-order valence-corrected chi connectivity index (χ4v) is 4.49. The Morgan fingerprint density at radius 2 is 1.66 bits per heavy atom. The van der Waals surface area contributed by atoms with Crippen molar-refractivity contribution in [3.8, 4) is 11.8 Å². The summed E-state index contributed by atoms with van der Waals surface area (Å²) in [6.07, 6.45) is 0. The Labute approximate surface area is 186 Å². The molecule has 0 aliphatic carbocycles. The van der Waals surface area contributed by atoms with Crippen LogP contribution in [0.3, 0.4) is 0 Å². The summed E-state index contributed by atoms with van der Waals surface area (Å²) in [6.45, 7) is 4.64. The quantitative estimate of drug-likeness (QED) is 0.518. The highest BCUT2D eigenvalue weighted by atomic mass is 32.2. The van der Waals surface area contributed by atoms with Gasteiger partial charge in [0, 0.05) is 6.54 Å². The van der Waals surface area contributed by atoms with Gasteiger partial charge in [0.05, 0.1) is 25.5 Å². The Morgan fingerprint density at radius 1 is 1.06 bits per heavy atom. The van der Waals surface area contributed by atoms with Crippen molar-refractivity contribution in [2.24, 2.45) is 0 Å². The van der Waals surface area contributed by atoms with Gasteiger partial charge in [0.1, 0.15) is 5.82 Å². The van der Waals surface area contributed by atoms with Gasteiger partial charge in [-0.05, 0) is 32.9 Å². The second kappa shape index (κ2) is 9.95. The van der Waals surface area contributed by atoms with Gasteiger partial charge in [-0.25, -0.2) is 22.9 Å². The van der Waals surface area contributed by atoms with Crippen LogP contribution in [0.5, 0.6) is 11.8 Å². The average Bonchev–Trinajstić information content (AvgIpc) is 2.73. The van der Waals surface area contributed by atoms with E-state index in [1.807, 2.05) is 0 Å². The van der Waals surface area contributed by atoms with Crippen molar-refractivity contribution in [1.82, 2.24) is 19.7 Å². The fraction of sp³-hybridized carbons (Fsp3) is 0.412. The molecular formula is C17H24N6O7S2. The highest BCUT2D eigenvalue weighted by molar-refractivity contribution is 7.93. The molecule has 13 nitrogen and oxygen atoms in total. The topological polar surface area (TPSA) is 170 Å². The summed E-state index contributed by atoms with van der Waals surface area (Å²) in [7, 11) is -5.52. The molecule has 0 aliphatic heterocycles. The van der Waals surface area contributed by atoms with E-state index in [0.717, 1.165) is 10.4 Å². The number of carbonyl (C=O) groups is 1. The molecule has 2 rings (SSSR count). The minimum absolute atomic E-state index is 0.0416. The van der Waals surface area contributed by atoms with Crippen molar-refractivity contribution in [3.63, 3.8) is 0 Å². The lowest BCUT2D eigenvalue weighted by Gasteiger charge is -2.24. The van der Waals surface area contributed by atoms with Gasteiger partial charge in [-0.3, -0.25) is 9.62 Å². The Hall–Kier alpha value is -3.20. The maximum Gasteiger partial charge on any atom is 0.335 e. The van der Waals surface area contributed by atoms with Gasteiger partial charge in [0.25, 0.3) is 10.0 Å². The van der Waals surface area contributed by atoms with E-state index in [1.54, 1.807) is 11.6 Å². The number of carbonyl (C=O) groups excluding carboxylic acids is 1. The van der Waals surface area contributed by atoms with Crippen molar-refractivity contribution in [2.45, 2.75) is 31.0 Å². The lowest BCUT2D eigenvalue weighted by molar-refractivity contribution is 0.256. The van der Waals surface area contributed by atoms with Gasteiger partial charge < -0.3 is 9.47 Å². The van der Waals surface area contributed by atoms with E-state index < -0.39 is 36.4 Å². The van der Waals surface area contributed by atoms with Gasteiger partial charge >= 0.3 is 6.03 Å². The van der Waals surface area contributed by atoms with Crippen LogP contribution in [0, 0.1) is 0 Å². The summed E-state index contributed by atoms with van der Waals surface area (Å²) in [4.78, 5) is 23.9. The fourth-order valence-electron chi connectivity index (χ4n) is 2.39. The third-order valence-corrected chi connectivity index (χ3v) is 7.46. The number of hydrogen-bond acceptors (Lipinski definition) is 10. The van der Waals surface area contributed by atoms with Crippen molar-refractivity contribution in [2.75, 3.05) is 30.4 Å². The molecule has 0 spiro atoms. The third kappa shape index (κ3) is 5.73. The number of urea groups is 1. The van der Waals surface area contributed by atoms with Crippen molar-refractivity contribution < 1.29 is 31.1 Å². The zero-order valence-electron chi connectivity index (χ0n) is 18.1. The molecule has 2 aromatic rings. The lowest BCUT2D eigenvalue weighted by Crippen LogP contribution is -2.38. The Bertz CT molecular complexity index is 1160. The Morgan fingerprint density at radius 3 is 2.16 bits per heavy atom. The van der Waals surface area contributed by atoms with Gasteiger partial charge in [0.15, 0.2) is 5.03 Å². The van der Waals surface area contributed by atoms with E-state index >= 15 is 0 Å². The number of methoxy groups -OCH3 is 2. The number of anilines is 2. The van der Waals surface area contributed by atoms with Crippen LogP contribution in [0.1, 0.15) is 20.8 Å². The van der Waals surface area contributed by atoms with E-state index in [1.165, 1.54) is 46.3 Å². The van der Waals surface area contributed by atoms with Crippen molar-refractivity contribution in [3.05, 3.63) is 24.3 Å². The van der Waals surface area contributed by atoms with E-state index in [-0.39, 0.29) is 30.1 Å². The normalized spacial score (nSPS) is 11.7. The molecule has 0 aromatic carbocycles. The number of nitrogens with zero attached hydrogens (tertiary/aromatic N) is 4. The molecule has 176 valence electrons. The summed E-state index contributed by atoms with van der Waals surface area (Å²) in [6, 6.07) is 4.00. The van der Waals surface area contributed by atoms with E-state index in [9.17, 15) is 21.6 Å². The van der Waals surface area contributed by atoms with Gasteiger partial charge in [-0.15, -0.1) is 0 Å². The molecule has 0 saturated heterocycles. The molecule has 0 unspecified atom stereocenters. The molecule has 2 heterocycles. The summed E-state index contributed by atoms with van der Waals surface area (Å²) in [5.74, 6) is -0.202. The molecular weight excluding hydrogens is 464 g/mol. The minimum atomic E-state index is -4.45. The molecule has 0 bridgehead atoms. The number of hydrogen-bond donors (Lipinski definition) is 2. The van der Waals surface area contributed by atoms with E-state index in [4.69, 9.17) is 9.47 Å². The number of rotatable bonds is 9. The van der Waals surface area contributed by atoms with Gasteiger partial charge in [-0.1, -0.05) is 6.07 Å². The predicted octanol–water partition coefficient (Wildman–Crippen LogP) is 0.964. The highest BCUT2D eigenvalue weighted by Crippen LogP contribution is 2.21. The predicted molar refractivity (Wildman–Crippen MR) is 116 cm³/mol. The van der Waals surface area contributed by atoms with Crippen LogP contribution in [0.4, 0.5) is 16.6 Å². The lowest BCUT2D eigenvalue weighted by atomic mass is 10.4. The second-order valence-corrected chi connectivity index (χ2v) is 10.5. The number of pyridine rings is 1. The smallest absolute Gasteiger partial charge is 0.335 e. The zero-order chi connectivity index (χ0) is 24.1. The molecule has 2 amide bonds. The molecule has 2 N–H and O–H groups in total. The molecule has 0 atom stereocenters. The summed E-state index contributed by atoms with van der Waals surface area (Å²) >= 11 is 0. The van der Waals surface area contributed by atoms with E-state index in [2.05, 4.69) is 20.3 Å². The molecule has 0 aliphatic rings. The summed E-state index contributed by atoms with van der Waals surface area (Å²) in [5.41, 5.74) is 0. The number of amides is 2. The third-order valence-electron chi connectivity index (χ3n) is 3.98. The first kappa shape index (κ1) is 25.1. The first-order chi connectivity index (χ1) is 14.9. The minimum Gasteiger partial charge on any atom is -0.481 e. The number of aromatic nitrogens is 3. The zero-order valence-corrected chi connectivity index (χ0v) is 19.7. The monoisotopic (exact) mass is 488 g/mol. The van der Waals surface area contributed by atoms with Crippen LogP contribution in [0.25, 0.3) is 0 Å². The Balaban J connectivity index is 2.28. The molecule has 32 heavy (non-hydrogen) atoms. The van der Waals surface area contributed by atoms with Gasteiger partial charge in [-0.2, -0.15) is 18.4 Å². The second-order valence-electron chi connectivity index (χ2n) is 6.43. The first-order valence-electron chi connectivity index (χ1n) is 9.24. The standard InChI is InChI=1S/C17H24N6O7S2/c1-6-23(32(27,28)11(2)3)12-8-7-9-15(18-12)31(25,26)22-17(24)21-16-19-13(29-4)10-14(20-16)30-5/h7-11H,6H2,1-5H3,(H2,19,20,21,22,24). The number of sulfonamides is 2. The van der Waals surface area contributed by atoms with Gasteiger partial charge in [0.2, 0.25) is 27.7 Å². The largest absolute Gasteiger partial charge is 0.481 e. The van der Waals surface area contributed by atoms with Crippen molar-refractivity contribution >= 4 is 37.8 Å². The molecule has 15 heteroatoms. The molecule has 2 aromatic heterocycles. The maximum atomic E-state index is 12.6. The maximum absolute atomic E-state index is 12.6. The van der Waals surface area contributed by atoms with Crippen LogP contribution >= 0.6 is 0 Å². The van der Waals surface area contributed by atoms with Crippen LogP contribution < -0.4 is 23.8 Å². The number of ether oxygens (including phenoxy) is 2.